The fourth-order valence-electron chi connectivity index (χ4n) is 2.22. The van der Waals surface area contributed by atoms with Gasteiger partial charge in [-0.3, -0.25) is 19.7 Å². The van der Waals surface area contributed by atoms with Crippen LogP contribution < -0.4 is 0 Å². The fraction of sp³-hybridized carbons (Fsp3) is 0.125. The van der Waals surface area contributed by atoms with Crippen molar-refractivity contribution in [1.29, 1.82) is 0 Å². The highest BCUT2D eigenvalue weighted by molar-refractivity contribution is 6.36. The molecule has 0 saturated carbocycles. The number of carboxylic acid groups (broad SMARTS) is 1. The Hall–Kier alpha value is -2.64. The Labute approximate surface area is 152 Å². The Morgan fingerprint density at radius 2 is 1.84 bits per heavy atom. The molecule has 1 amide bonds. The van der Waals surface area contributed by atoms with Crippen LogP contribution in [0.3, 0.4) is 0 Å². The minimum absolute atomic E-state index is 0.0610. The Morgan fingerprint density at radius 1 is 1.16 bits per heavy atom. The van der Waals surface area contributed by atoms with Gasteiger partial charge in [0.05, 0.1) is 22.1 Å². The maximum absolute atomic E-state index is 12.7. The van der Waals surface area contributed by atoms with Crippen LogP contribution >= 0.6 is 23.2 Å². The quantitative estimate of drug-likeness (QED) is 0.607. The molecule has 0 fully saturated rings. The molecular weight excluding hydrogens is 371 g/mol. The Kier molecular flexibility index (Phi) is 5.95. The average molecular weight is 383 g/mol. The van der Waals surface area contributed by atoms with E-state index in [2.05, 4.69) is 0 Å². The molecule has 2 rings (SSSR count). The summed E-state index contributed by atoms with van der Waals surface area (Å²) in [4.78, 5) is 35.3. The predicted octanol–water partition coefficient (Wildman–Crippen LogP) is 3.63. The van der Waals surface area contributed by atoms with Gasteiger partial charge >= 0.3 is 5.97 Å². The number of hydrogen-bond acceptors (Lipinski definition) is 4. The zero-order chi connectivity index (χ0) is 18.6. The summed E-state index contributed by atoms with van der Waals surface area (Å²) in [5.41, 5.74) is 0.0750. The largest absolute Gasteiger partial charge is 0.480 e. The summed E-state index contributed by atoms with van der Waals surface area (Å²) in [6.07, 6.45) is 0. The second-order valence-corrected chi connectivity index (χ2v) is 5.91. The number of halogens is 2. The van der Waals surface area contributed by atoms with Crippen LogP contribution in [0.4, 0.5) is 5.69 Å². The van der Waals surface area contributed by atoms with Gasteiger partial charge in [0.1, 0.15) is 6.54 Å². The van der Waals surface area contributed by atoms with Crippen LogP contribution in [0.25, 0.3) is 0 Å². The second kappa shape index (κ2) is 7.96. The molecule has 0 aliphatic heterocycles. The molecule has 2 aromatic carbocycles. The molecule has 0 heterocycles. The number of rotatable bonds is 6. The number of carbonyl (C=O) groups is 2. The summed E-state index contributed by atoms with van der Waals surface area (Å²) in [6.45, 7) is -0.884. The average Bonchev–Trinajstić information content (AvgIpc) is 2.53. The molecule has 0 unspecified atom stereocenters. The number of nitro benzene ring substituents is 1. The number of nitro groups is 1. The first-order chi connectivity index (χ1) is 11.8. The second-order valence-electron chi connectivity index (χ2n) is 5.06. The molecule has 0 aliphatic rings. The molecule has 0 radical (unpaired) electrons. The van der Waals surface area contributed by atoms with Gasteiger partial charge in [-0.05, 0) is 18.2 Å². The monoisotopic (exact) mass is 382 g/mol. The van der Waals surface area contributed by atoms with Gasteiger partial charge in [0.2, 0.25) is 0 Å². The molecule has 0 aliphatic carbocycles. The summed E-state index contributed by atoms with van der Waals surface area (Å²) in [5, 5.41) is 20.6. The molecule has 7 nitrogen and oxygen atoms in total. The van der Waals surface area contributed by atoms with Gasteiger partial charge in [0.25, 0.3) is 11.6 Å². The van der Waals surface area contributed by atoms with Crippen molar-refractivity contribution in [2.45, 2.75) is 6.54 Å². The first kappa shape index (κ1) is 18.7. The van der Waals surface area contributed by atoms with E-state index in [1.54, 1.807) is 6.07 Å². The zero-order valence-electron chi connectivity index (χ0n) is 12.7. The number of amides is 1. The van der Waals surface area contributed by atoms with E-state index in [0.29, 0.717) is 5.02 Å². The predicted molar refractivity (Wildman–Crippen MR) is 91.9 cm³/mol. The van der Waals surface area contributed by atoms with Crippen LogP contribution in [0.15, 0.2) is 42.5 Å². The van der Waals surface area contributed by atoms with Crippen molar-refractivity contribution in [3.63, 3.8) is 0 Å². The smallest absolute Gasteiger partial charge is 0.323 e. The third-order valence-corrected chi connectivity index (χ3v) is 3.87. The van der Waals surface area contributed by atoms with E-state index in [1.165, 1.54) is 36.4 Å². The lowest BCUT2D eigenvalue weighted by Crippen LogP contribution is -2.35. The van der Waals surface area contributed by atoms with E-state index in [1.807, 2.05) is 0 Å². The van der Waals surface area contributed by atoms with E-state index < -0.39 is 23.3 Å². The van der Waals surface area contributed by atoms with Crippen molar-refractivity contribution in [1.82, 2.24) is 4.90 Å². The van der Waals surface area contributed by atoms with Crippen molar-refractivity contribution in [2.75, 3.05) is 6.54 Å². The van der Waals surface area contributed by atoms with Gasteiger partial charge in [-0.1, -0.05) is 41.4 Å². The lowest BCUT2D eigenvalue weighted by molar-refractivity contribution is -0.385. The van der Waals surface area contributed by atoms with Crippen LogP contribution in [0, 0.1) is 10.1 Å². The van der Waals surface area contributed by atoms with E-state index in [0.717, 1.165) is 4.90 Å². The minimum Gasteiger partial charge on any atom is -0.480 e. The summed E-state index contributed by atoms with van der Waals surface area (Å²) in [5.74, 6) is -1.92. The van der Waals surface area contributed by atoms with Gasteiger partial charge in [0, 0.05) is 16.7 Å². The Bertz CT molecular complexity index is 841. The number of nitrogens with zero attached hydrogens (tertiary/aromatic N) is 2. The fourth-order valence-corrected chi connectivity index (χ4v) is 2.71. The lowest BCUT2D eigenvalue weighted by Gasteiger charge is -2.21. The van der Waals surface area contributed by atoms with Crippen molar-refractivity contribution in [2.24, 2.45) is 0 Å². The topological polar surface area (TPSA) is 101 Å². The number of hydrogen-bond donors (Lipinski definition) is 1. The number of carboxylic acids is 1. The normalized spacial score (nSPS) is 10.3. The van der Waals surface area contributed by atoms with Crippen LogP contribution in [0.5, 0.6) is 0 Å². The van der Waals surface area contributed by atoms with Crippen LogP contribution in [0.2, 0.25) is 10.0 Å². The standard InChI is InChI=1S/C16H12Cl2N2O5/c17-11-5-6-12(13(18)7-11)16(23)19(9-15(21)22)8-10-3-1-2-4-14(10)20(24)25/h1-7H,8-9H2,(H,21,22). The highest BCUT2D eigenvalue weighted by Crippen LogP contribution is 2.25. The zero-order valence-corrected chi connectivity index (χ0v) is 14.2. The van der Waals surface area contributed by atoms with Crippen molar-refractivity contribution in [3.8, 4) is 0 Å². The lowest BCUT2D eigenvalue weighted by atomic mass is 10.1. The Balaban J connectivity index is 2.38. The number of benzene rings is 2. The molecule has 9 heteroatoms. The minimum atomic E-state index is -1.25. The van der Waals surface area contributed by atoms with E-state index in [-0.39, 0.29) is 28.4 Å². The molecule has 0 atom stereocenters. The molecule has 1 N–H and O–H groups in total. The van der Waals surface area contributed by atoms with E-state index in [9.17, 15) is 19.7 Å². The molecule has 130 valence electrons. The molecule has 0 spiro atoms. The highest BCUT2D eigenvalue weighted by atomic mass is 35.5. The molecule has 25 heavy (non-hydrogen) atoms. The number of carbonyl (C=O) groups excluding carboxylic acids is 1. The third kappa shape index (κ3) is 4.68. The molecule has 0 bridgehead atoms. The summed E-state index contributed by atoms with van der Waals surface area (Å²) < 4.78 is 0. The van der Waals surface area contributed by atoms with Crippen LogP contribution in [-0.2, 0) is 11.3 Å². The first-order valence-corrected chi connectivity index (χ1v) is 7.73. The maximum Gasteiger partial charge on any atom is 0.323 e. The van der Waals surface area contributed by atoms with Crippen molar-refractivity contribution < 1.29 is 19.6 Å². The van der Waals surface area contributed by atoms with Gasteiger partial charge < -0.3 is 10.0 Å². The van der Waals surface area contributed by atoms with E-state index >= 15 is 0 Å². The molecule has 0 aromatic heterocycles. The van der Waals surface area contributed by atoms with Gasteiger partial charge in [-0.2, -0.15) is 0 Å². The number of para-hydroxylation sites is 1. The SMILES string of the molecule is O=C(O)CN(Cc1ccccc1[N+](=O)[O-])C(=O)c1ccc(Cl)cc1Cl. The van der Waals surface area contributed by atoms with Crippen molar-refractivity contribution in [3.05, 3.63) is 73.8 Å². The summed E-state index contributed by atoms with van der Waals surface area (Å²) in [7, 11) is 0. The van der Waals surface area contributed by atoms with Gasteiger partial charge in [0.15, 0.2) is 0 Å². The summed E-state index contributed by atoms with van der Waals surface area (Å²) in [6, 6.07) is 9.99. The number of aliphatic carboxylic acids is 1. The first-order valence-electron chi connectivity index (χ1n) is 6.98. The maximum atomic E-state index is 12.7. The summed E-state index contributed by atoms with van der Waals surface area (Å²) >= 11 is 11.8. The third-order valence-electron chi connectivity index (χ3n) is 3.32. The van der Waals surface area contributed by atoms with Crippen molar-refractivity contribution >= 4 is 40.8 Å². The van der Waals surface area contributed by atoms with Crippen LogP contribution in [0.1, 0.15) is 15.9 Å². The Morgan fingerprint density at radius 3 is 2.44 bits per heavy atom. The molecular formula is C16H12Cl2N2O5. The molecule has 2 aromatic rings. The van der Waals surface area contributed by atoms with Crippen LogP contribution in [-0.4, -0.2) is 33.4 Å². The highest BCUT2D eigenvalue weighted by Gasteiger charge is 2.24. The molecule has 0 saturated heterocycles. The van der Waals surface area contributed by atoms with Gasteiger partial charge in [-0.25, -0.2) is 0 Å². The van der Waals surface area contributed by atoms with Gasteiger partial charge in [-0.15, -0.1) is 0 Å². The van der Waals surface area contributed by atoms with E-state index in [4.69, 9.17) is 28.3 Å².